The van der Waals surface area contributed by atoms with Gasteiger partial charge in [-0.05, 0) is 20.8 Å². The van der Waals surface area contributed by atoms with Crippen molar-refractivity contribution in [2.75, 3.05) is 23.0 Å². The van der Waals surface area contributed by atoms with Crippen LogP contribution in [0.25, 0.3) is 0 Å². The highest BCUT2D eigenvalue weighted by Gasteiger charge is 2.29. The minimum Gasteiger partial charge on any atom is -0.481 e. The van der Waals surface area contributed by atoms with Gasteiger partial charge in [0, 0.05) is 36.0 Å². The molecule has 2 heterocycles. The van der Waals surface area contributed by atoms with Crippen LogP contribution in [0.15, 0.2) is 17.2 Å². The third-order valence-corrected chi connectivity index (χ3v) is 4.55. The minimum absolute atomic E-state index is 0.0263. The summed E-state index contributed by atoms with van der Waals surface area (Å²) in [4.78, 5) is 29.7. The van der Waals surface area contributed by atoms with Crippen LogP contribution in [0.2, 0.25) is 0 Å². The van der Waals surface area contributed by atoms with Crippen molar-refractivity contribution in [3.05, 3.63) is 22.7 Å². The third-order valence-electron chi connectivity index (χ3n) is 3.46. The highest BCUT2D eigenvalue weighted by atomic mass is 32.2. The number of thioether (sulfide) groups is 1. The first kappa shape index (κ1) is 15.9. The van der Waals surface area contributed by atoms with Crippen molar-refractivity contribution in [1.82, 2.24) is 9.55 Å². The number of carboxylic acids is 1. The minimum atomic E-state index is -0.848. The molecule has 0 amide bonds. The summed E-state index contributed by atoms with van der Waals surface area (Å²) < 4.78 is 1.65. The van der Waals surface area contributed by atoms with Gasteiger partial charge in [0.05, 0.1) is 12.5 Å². The molecule has 0 aliphatic carbocycles. The maximum Gasteiger partial charge on any atom is 0.305 e. The lowest BCUT2D eigenvalue weighted by atomic mass is 10.1. The molecule has 1 unspecified atom stereocenters. The Morgan fingerprint density at radius 3 is 2.86 bits per heavy atom. The SMILES string of the molecule is CC(C)(C)n1ccnc(N2CCSCC2CC(=O)O)c1=O. The fraction of sp³-hybridized carbons (Fsp3) is 0.643. The van der Waals surface area contributed by atoms with Crippen LogP contribution in [0, 0.1) is 0 Å². The van der Waals surface area contributed by atoms with Crippen LogP contribution < -0.4 is 10.5 Å². The molecule has 116 valence electrons. The average molecular weight is 311 g/mol. The summed E-state index contributed by atoms with van der Waals surface area (Å²) in [5, 5.41) is 9.04. The summed E-state index contributed by atoms with van der Waals surface area (Å²) in [6, 6.07) is -0.183. The van der Waals surface area contributed by atoms with Gasteiger partial charge in [-0.3, -0.25) is 9.59 Å². The molecule has 0 aromatic carbocycles. The van der Waals surface area contributed by atoms with Crippen LogP contribution in [-0.2, 0) is 10.3 Å². The van der Waals surface area contributed by atoms with E-state index in [1.165, 1.54) is 0 Å². The van der Waals surface area contributed by atoms with Gasteiger partial charge in [-0.2, -0.15) is 11.8 Å². The van der Waals surface area contributed by atoms with E-state index < -0.39 is 5.97 Å². The topological polar surface area (TPSA) is 75.4 Å². The zero-order valence-electron chi connectivity index (χ0n) is 12.6. The van der Waals surface area contributed by atoms with Gasteiger partial charge in [-0.15, -0.1) is 0 Å². The van der Waals surface area contributed by atoms with E-state index in [2.05, 4.69) is 4.98 Å². The van der Waals surface area contributed by atoms with E-state index in [0.29, 0.717) is 18.1 Å². The van der Waals surface area contributed by atoms with Gasteiger partial charge in [-0.1, -0.05) is 0 Å². The summed E-state index contributed by atoms with van der Waals surface area (Å²) in [5.74, 6) is 1.10. The molecule has 1 saturated heterocycles. The monoisotopic (exact) mass is 311 g/mol. The van der Waals surface area contributed by atoms with Gasteiger partial charge < -0.3 is 14.6 Å². The van der Waals surface area contributed by atoms with Crippen LogP contribution in [0.1, 0.15) is 27.2 Å². The molecule has 1 N–H and O–H groups in total. The Morgan fingerprint density at radius 1 is 1.52 bits per heavy atom. The Bertz CT molecular complexity index is 580. The van der Waals surface area contributed by atoms with E-state index in [0.717, 1.165) is 5.75 Å². The standard InChI is InChI=1S/C14H21N3O3S/c1-14(2,3)17-5-4-15-12(13(17)20)16-6-7-21-9-10(16)8-11(18)19/h4-5,10H,6-9H2,1-3H3,(H,18,19). The number of aliphatic carboxylic acids is 1. The fourth-order valence-corrected chi connectivity index (χ4v) is 3.49. The molecule has 1 fully saturated rings. The molecule has 0 spiro atoms. The summed E-state index contributed by atoms with van der Waals surface area (Å²) in [6.45, 7) is 6.52. The highest BCUT2D eigenvalue weighted by molar-refractivity contribution is 7.99. The molecular formula is C14H21N3O3S. The van der Waals surface area contributed by atoms with Crippen LogP contribution in [-0.4, -0.2) is 44.7 Å². The fourth-order valence-electron chi connectivity index (χ4n) is 2.43. The molecule has 0 radical (unpaired) electrons. The maximum absolute atomic E-state index is 12.7. The lowest BCUT2D eigenvalue weighted by Gasteiger charge is -2.35. The Kier molecular flexibility index (Phi) is 4.61. The number of carbonyl (C=O) groups is 1. The van der Waals surface area contributed by atoms with Gasteiger partial charge in [0.25, 0.3) is 5.56 Å². The van der Waals surface area contributed by atoms with Gasteiger partial charge in [-0.25, -0.2) is 4.98 Å². The second-order valence-corrected chi connectivity index (χ2v) is 7.27. The number of aromatic nitrogens is 2. The number of anilines is 1. The van der Waals surface area contributed by atoms with E-state index in [1.54, 1.807) is 28.7 Å². The van der Waals surface area contributed by atoms with Gasteiger partial charge in [0.2, 0.25) is 0 Å². The first-order valence-electron chi connectivity index (χ1n) is 6.95. The molecule has 1 aromatic rings. The molecule has 1 aromatic heterocycles. The zero-order valence-corrected chi connectivity index (χ0v) is 13.4. The quantitative estimate of drug-likeness (QED) is 0.909. The van der Waals surface area contributed by atoms with Crippen LogP contribution in [0.5, 0.6) is 0 Å². The predicted octanol–water partition coefficient (Wildman–Crippen LogP) is 1.39. The first-order chi connectivity index (χ1) is 9.80. The Labute approximate surface area is 128 Å². The molecule has 7 heteroatoms. The predicted molar refractivity (Wildman–Crippen MR) is 84.2 cm³/mol. The van der Waals surface area contributed by atoms with Crippen molar-refractivity contribution in [2.24, 2.45) is 0 Å². The first-order valence-corrected chi connectivity index (χ1v) is 8.10. The second kappa shape index (κ2) is 6.09. The molecule has 21 heavy (non-hydrogen) atoms. The number of carboxylic acid groups (broad SMARTS) is 1. The van der Waals surface area contributed by atoms with Crippen molar-refractivity contribution in [3.8, 4) is 0 Å². The zero-order chi connectivity index (χ0) is 15.6. The number of hydrogen-bond donors (Lipinski definition) is 1. The Hall–Kier alpha value is -1.50. The summed E-state index contributed by atoms with van der Waals surface area (Å²) in [5.41, 5.74) is -0.492. The number of nitrogens with zero attached hydrogens (tertiary/aromatic N) is 3. The van der Waals surface area contributed by atoms with Crippen LogP contribution >= 0.6 is 11.8 Å². The molecular weight excluding hydrogens is 290 g/mol. The third kappa shape index (κ3) is 3.58. The van der Waals surface area contributed by atoms with Gasteiger partial charge >= 0.3 is 5.97 Å². The summed E-state index contributed by atoms with van der Waals surface area (Å²) >= 11 is 1.72. The van der Waals surface area contributed by atoms with E-state index in [4.69, 9.17) is 5.11 Å². The summed E-state index contributed by atoms with van der Waals surface area (Å²) in [6.07, 6.45) is 3.32. The maximum atomic E-state index is 12.7. The Balaban J connectivity index is 2.40. The summed E-state index contributed by atoms with van der Waals surface area (Å²) in [7, 11) is 0. The molecule has 1 aliphatic rings. The van der Waals surface area contributed by atoms with Crippen molar-refractivity contribution >= 4 is 23.5 Å². The molecule has 0 bridgehead atoms. The van der Waals surface area contributed by atoms with E-state index in [9.17, 15) is 9.59 Å². The smallest absolute Gasteiger partial charge is 0.305 e. The highest BCUT2D eigenvalue weighted by Crippen LogP contribution is 2.23. The number of hydrogen-bond acceptors (Lipinski definition) is 5. The molecule has 6 nitrogen and oxygen atoms in total. The lowest BCUT2D eigenvalue weighted by Crippen LogP contribution is -2.48. The molecule has 1 atom stereocenters. The normalized spacial score (nSPS) is 19.6. The van der Waals surface area contributed by atoms with Crippen molar-refractivity contribution < 1.29 is 9.90 Å². The van der Waals surface area contributed by atoms with Crippen molar-refractivity contribution in [3.63, 3.8) is 0 Å². The van der Waals surface area contributed by atoms with Crippen molar-refractivity contribution in [1.29, 1.82) is 0 Å². The van der Waals surface area contributed by atoms with Crippen LogP contribution in [0.4, 0.5) is 5.82 Å². The van der Waals surface area contributed by atoms with E-state index >= 15 is 0 Å². The average Bonchev–Trinajstić information content (AvgIpc) is 2.38. The van der Waals surface area contributed by atoms with E-state index in [1.807, 2.05) is 25.7 Å². The van der Waals surface area contributed by atoms with Gasteiger partial charge in [0.15, 0.2) is 5.82 Å². The van der Waals surface area contributed by atoms with E-state index in [-0.39, 0.29) is 23.6 Å². The number of rotatable bonds is 3. The lowest BCUT2D eigenvalue weighted by molar-refractivity contribution is -0.137. The molecule has 0 saturated carbocycles. The second-order valence-electron chi connectivity index (χ2n) is 6.12. The van der Waals surface area contributed by atoms with Crippen molar-refractivity contribution in [2.45, 2.75) is 38.8 Å². The largest absolute Gasteiger partial charge is 0.481 e. The molecule has 2 rings (SSSR count). The Morgan fingerprint density at radius 2 is 2.24 bits per heavy atom. The van der Waals surface area contributed by atoms with Gasteiger partial charge in [0.1, 0.15) is 0 Å². The van der Waals surface area contributed by atoms with Crippen LogP contribution in [0.3, 0.4) is 0 Å². The molecule has 1 aliphatic heterocycles.